The summed E-state index contributed by atoms with van der Waals surface area (Å²) >= 11 is 2.01. The van der Waals surface area contributed by atoms with Crippen LogP contribution >= 0.6 is 11.8 Å². The number of hydrogen-bond donors (Lipinski definition) is 1. The molecule has 0 aromatic heterocycles. The van der Waals surface area contributed by atoms with E-state index in [1.807, 2.05) is 18.8 Å². The van der Waals surface area contributed by atoms with Gasteiger partial charge in [-0.05, 0) is 13.5 Å². The van der Waals surface area contributed by atoms with E-state index in [1.165, 1.54) is 11.5 Å². The van der Waals surface area contributed by atoms with Gasteiger partial charge in [-0.25, -0.2) is 0 Å². The van der Waals surface area contributed by atoms with Gasteiger partial charge in [0.25, 0.3) is 0 Å². The Morgan fingerprint density at radius 3 is 2.79 bits per heavy atom. The number of ether oxygens (including phenoxy) is 1. The lowest BCUT2D eigenvalue weighted by Crippen LogP contribution is -2.45. The number of nitrogens with zero attached hydrogens (tertiary/aromatic N) is 2. The summed E-state index contributed by atoms with van der Waals surface area (Å²) in [6, 6.07) is -0.0261. The van der Waals surface area contributed by atoms with Crippen LogP contribution in [-0.2, 0) is 9.53 Å². The molecule has 2 heterocycles. The second-order valence-corrected chi connectivity index (χ2v) is 6.52. The van der Waals surface area contributed by atoms with Crippen molar-refractivity contribution in [2.75, 3.05) is 58.4 Å². The Morgan fingerprint density at radius 1 is 1.42 bits per heavy atom. The zero-order chi connectivity index (χ0) is 13.7. The quantitative estimate of drug-likeness (QED) is 0.763. The lowest BCUT2D eigenvalue weighted by atomic mass is 10.2. The molecule has 5 nitrogen and oxygen atoms in total. The van der Waals surface area contributed by atoms with Gasteiger partial charge in [0.05, 0.1) is 12.1 Å². The van der Waals surface area contributed by atoms with Crippen LogP contribution in [0.4, 0.5) is 0 Å². The zero-order valence-electron chi connectivity index (χ0n) is 11.9. The number of carbonyl (C=O) groups excluding carboxylic acids is 1. The minimum absolute atomic E-state index is 0.0261. The summed E-state index contributed by atoms with van der Waals surface area (Å²) in [4.78, 5) is 16.6. The van der Waals surface area contributed by atoms with Crippen LogP contribution in [0.2, 0.25) is 0 Å². The van der Waals surface area contributed by atoms with E-state index in [0.29, 0.717) is 0 Å². The Bertz CT molecular complexity index is 298. The van der Waals surface area contributed by atoms with Crippen molar-refractivity contribution in [3.8, 4) is 0 Å². The Labute approximate surface area is 120 Å². The Morgan fingerprint density at radius 2 is 2.16 bits per heavy atom. The molecule has 110 valence electrons. The molecule has 2 fully saturated rings. The Hall–Kier alpha value is -0.300. The molecule has 19 heavy (non-hydrogen) atoms. The molecule has 0 spiro atoms. The maximum Gasteiger partial charge on any atom is 0.237 e. The smallest absolute Gasteiger partial charge is 0.237 e. The number of likely N-dealkylation sites (N-methyl/N-ethyl adjacent to an activating group) is 1. The van der Waals surface area contributed by atoms with Crippen LogP contribution in [0.3, 0.4) is 0 Å². The summed E-state index contributed by atoms with van der Waals surface area (Å²) in [5.41, 5.74) is 0. The molecule has 2 aliphatic rings. The molecular formula is C13H25N3O2S. The minimum Gasteiger partial charge on any atom is -0.380 e. The fraction of sp³-hybridized carbons (Fsp3) is 0.923. The standard InChI is InChI=1S/C13H25N3O2S/c1-15-10-11(18-2)9-12(15)13(17)14-3-4-16-5-7-19-8-6-16/h11-12H,3-10H2,1-2H3,(H,14,17)/t11-,12-/m0/s1. The number of carbonyl (C=O) groups is 1. The van der Waals surface area contributed by atoms with E-state index in [-0.39, 0.29) is 18.1 Å². The molecule has 1 amide bonds. The highest BCUT2D eigenvalue weighted by Crippen LogP contribution is 2.17. The highest BCUT2D eigenvalue weighted by molar-refractivity contribution is 7.99. The molecule has 0 saturated carbocycles. The number of amides is 1. The van der Waals surface area contributed by atoms with E-state index in [4.69, 9.17) is 4.74 Å². The largest absolute Gasteiger partial charge is 0.380 e. The lowest BCUT2D eigenvalue weighted by Gasteiger charge is -2.26. The van der Waals surface area contributed by atoms with Crippen LogP contribution < -0.4 is 5.32 Å². The third-order valence-electron chi connectivity index (χ3n) is 3.98. The van der Waals surface area contributed by atoms with E-state index >= 15 is 0 Å². The molecule has 2 rings (SSSR count). The van der Waals surface area contributed by atoms with Gasteiger partial charge in [-0.3, -0.25) is 14.6 Å². The van der Waals surface area contributed by atoms with Crippen LogP contribution in [0.5, 0.6) is 0 Å². The van der Waals surface area contributed by atoms with Crippen LogP contribution in [0.15, 0.2) is 0 Å². The van der Waals surface area contributed by atoms with Crippen molar-refractivity contribution >= 4 is 17.7 Å². The van der Waals surface area contributed by atoms with E-state index in [9.17, 15) is 4.79 Å². The van der Waals surface area contributed by atoms with Crippen molar-refractivity contribution in [3.05, 3.63) is 0 Å². The molecule has 2 aliphatic heterocycles. The molecule has 0 unspecified atom stereocenters. The summed E-state index contributed by atoms with van der Waals surface area (Å²) in [7, 11) is 3.71. The fourth-order valence-electron chi connectivity index (χ4n) is 2.71. The Kier molecular flexibility index (Phi) is 5.94. The van der Waals surface area contributed by atoms with E-state index in [1.54, 1.807) is 7.11 Å². The van der Waals surface area contributed by atoms with Crippen LogP contribution in [0.25, 0.3) is 0 Å². The normalized spacial score (nSPS) is 29.6. The molecule has 0 bridgehead atoms. The number of likely N-dealkylation sites (tertiary alicyclic amines) is 1. The average Bonchev–Trinajstić information content (AvgIpc) is 2.81. The first-order valence-corrected chi connectivity index (χ1v) is 8.17. The van der Waals surface area contributed by atoms with Gasteiger partial charge in [0, 0.05) is 51.3 Å². The van der Waals surface area contributed by atoms with Crippen molar-refractivity contribution in [2.45, 2.75) is 18.6 Å². The highest BCUT2D eigenvalue weighted by Gasteiger charge is 2.34. The first-order chi connectivity index (χ1) is 9.20. The van der Waals surface area contributed by atoms with E-state index in [0.717, 1.165) is 39.1 Å². The molecule has 0 radical (unpaired) electrons. The Balaban J connectivity index is 1.66. The second kappa shape index (κ2) is 7.47. The second-order valence-electron chi connectivity index (χ2n) is 5.29. The van der Waals surface area contributed by atoms with Crippen molar-refractivity contribution < 1.29 is 9.53 Å². The molecule has 2 saturated heterocycles. The molecule has 0 aromatic rings. The van der Waals surface area contributed by atoms with Gasteiger partial charge in [0.2, 0.25) is 5.91 Å². The maximum atomic E-state index is 12.1. The highest BCUT2D eigenvalue weighted by atomic mass is 32.2. The lowest BCUT2D eigenvalue weighted by molar-refractivity contribution is -0.125. The number of nitrogens with one attached hydrogen (secondary N) is 1. The zero-order valence-corrected chi connectivity index (χ0v) is 12.7. The third-order valence-corrected chi connectivity index (χ3v) is 4.92. The van der Waals surface area contributed by atoms with Gasteiger partial charge >= 0.3 is 0 Å². The predicted molar refractivity (Wildman–Crippen MR) is 78.6 cm³/mol. The summed E-state index contributed by atoms with van der Waals surface area (Å²) in [5.74, 6) is 2.58. The van der Waals surface area contributed by atoms with Crippen molar-refractivity contribution in [2.24, 2.45) is 0 Å². The van der Waals surface area contributed by atoms with Gasteiger partial charge in [-0.1, -0.05) is 0 Å². The molecule has 6 heteroatoms. The van der Waals surface area contributed by atoms with Crippen LogP contribution in [0.1, 0.15) is 6.42 Å². The van der Waals surface area contributed by atoms with Gasteiger partial charge in [-0.2, -0.15) is 11.8 Å². The predicted octanol–water partition coefficient (Wildman–Crippen LogP) is -0.129. The monoisotopic (exact) mass is 287 g/mol. The summed E-state index contributed by atoms with van der Waals surface area (Å²) in [5, 5.41) is 3.06. The molecule has 0 aromatic carbocycles. The van der Waals surface area contributed by atoms with E-state index < -0.39 is 0 Å². The summed E-state index contributed by atoms with van der Waals surface area (Å²) in [6.07, 6.45) is 0.999. The van der Waals surface area contributed by atoms with Gasteiger partial charge in [0.15, 0.2) is 0 Å². The van der Waals surface area contributed by atoms with Gasteiger partial charge in [-0.15, -0.1) is 0 Å². The third kappa shape index (κ3) is 4.34. The molecule has 1 N–H and O–H groups in total. The topological polar surface area (TPSA) is 44.8 Å². The first-order valence-electron chi connectivity index (χ1n) is 7.01. The number of thioether (sulfide) groups is 1. The van der Waals surface area contributed by atoms with E-state index in [2.05, 4.69) is 15.1 Å². The number of hydrogen-bond acceptors (Lipinski definition) is 5. The minimum atomic E-state index is -0.0261. The number of rotatable bonds is 5. The van der Waals surface area contributed by atoms with Crippen molar-refractivity contribution in [1.29, 1.82) is 0 Å². The van der Waals surface area contributed by atoms with Crippen molar-refractivity contribution in [3.63, 3.8) is 0 Å². The molecular weight excluding hydrogens is 262 g/mol. The van der Waals surface area contributed by atoms with Crippen LogP contribution in [0, 0.1) is 0 Å². The summed E-state index contributed by atoms with van der Waals surface area (Å²) in [6.45, 7) is 4.87. The van der Waals surface area contributed by atoms with Crippen molar-refractivity contribution in [1.82, 2.24) is 15.1 Å². The first kappa shape index (κ1) is 15.1. The summed E-state index contributed by atoms with van der Waals surface area (Å²) < 4.78 is 5.33. The van der Waals surface area contributed by atoms with Gasteiger partial charge < -0.3 is 10.1 Å². The molecule has 2 atom stereocenters. The van der Waals surface area contributed by atoms with Crippen LogP contribution in [-0.4, -0.2) is 86.2 Å². The van der Waals surface area contributed by atoms with Gasteiger partial charge in [0.1, 0.15) is 0 Å². The maximum absolute atomic E-state index is 12.1. The molecule has 0 aliphatic carbocycles. The fourth-order valence-corrected chi connectivity index (χ4v) is 3.69. The number of methoxy groups -OCH3 is 1. The SMILES string of the molecule is CO[C@H]1C[C@@H](C(=O)NCCN2CCSCC2)N(C)C1. The average molecular weight is 287 g/mol.